The van der Waals surface area contributed by atoms with Crippen LogP contribution in [0.1, 0.15) is 12.0 Å². The van der Waals surface area contributed by atoms with E-state index < -0.39 is 5.97 Å². The van der Waals surface area contributed by atoms with Crippen molar-refractivity contribution >= 4 is 11.7 Å². The SMILES string of the molecule is O=C(CN1CCCc2ccccc21)OF. The Morgan fingerprint density at radius 2 is 2.27 bits per heavy atom. The highest BCUT2D eigenvalue weighted by Crippen LogP contribution is 2.26. The van der Waals surface area contributed by atoms with Crippen molar-refractivity contribution in [2.45, 2.75) is 12.8 Å². The Kier molecular flexibility index (Phi) is 2.85. The van der Waals surface area contributed by atoms with Gasteiger partial charge >= 0.3 is 5.97 Å². The van der Waals surface area contributed by atoms with E-state index in [1.807, 2.05) is 29.2 Å². The van der Waals surface area contributed by atoms with E-state index in [0.29, 0.717) is 0 Å². The molecule has 1 aliphatic rings. The molecule has 80 valence electrons. The Hall–Kier alpha value is -1.58. The molecule has 1 aromatic rings. The Labute approximate surface area is 87.4 Å². The number of carbonyl (C=O) groups is 1. The summed E-state index contributed by atoms with van der Waals surface area (Å²) in [6.07, 6.45) is 1.99. The fourth-order valence-electron chi connectivity index (χ4n) is 1.96. The van der Waals surface area contributed by atoms with Crippen molar-refractivity contribution in [1.29, 1.82) is 0 Å². The number of fused-ring (bicyclic) bond motifs is 1. The second kappa shape index (κ2) is 4.29. The van der Waals surface area contributed by atoms with Crippen LogP contribution in [-0.2, 0) is 16.2 Å². The number of rotatable bonds is 2. The molecule has 0 saturated heterocycles. The van der Waals surface area contributed by atoms with E-state index in [4.69, 9.17) is 0 Å². The van der Waals surface area contributed by atoms with Crippen molar-refractivity contribution in [3.8, 4) is 0 Å². The van der Waals surface area contributed by atoms with Crippen molar-refractivity contribution in [2.75, 3.05) is 18.0 Å². The highest BCUT2D eigenvalue weighted by molar-refractivity contribution is 5.76. The zero-order chi connectivity index (χ0) is 10.7. The Morgan fingerprint density at radius 3 is 3.07 bits per heavy atom. The molecule has 15 heavy (non-hydrogen) atoms. The molecule has 4 heteroatoms. The summed E-state index contributed by atoms with van der Waals surface area (Å²) in [5, 5.41) is 0. The molecule has 1 aromatic carbocycles. The normalized spacial score (nSPS) is 14.6. The molecule has 0 aromatic heterocycles. The van der Waals surface area contributed by atoms with Gasteiger partial charge in [0.2, 0.25) is 0 Å². The van der Waals surface area contributed by atoms with Gasteiger partial charge in [-0.25, -0.2) is 4.79 Å². The van der Waals surface area contributed by atoms with Gasteiger partial charge in [0.05, 0.1) is 0 Å². The predicted octanol–water partition coefficient (Wildman–Crippen LogP) is 1.87. The quantitative estimate of drug-likeness (QED) is 0.744. The Balaban J connectivity index is 2.18. The first-order valence-corrected chi connectivity index (χ1v) is 4.95. The number of para-hydroxylation sites is 1. The van der Waals surface area contributed by atoms with Gasteiger partial charge in [-0.15, -0.1) is 0 Å². The third-order valence-electron chi connectivity index (χ3n) is 2.61. The summed E-state index contributed by atoms with van der Waals surface area (Å²) in [5.41, 5.74) is 2.21. The molecule has 0 N–H and O–H groups in total. The summed E-state index contributed by atoms with van der Waals surface area (Å²) >= 11 is 0. The number of carbonyl (C=O) groups excluding carboxylic acids is 1. The van der Waals surface area contributed by atoms with E-state index in [9.17, 15) is 9.32 Å². The highest BCUT2D eigenvalue weighted by atomic mass is 19.3. The molecule has 0 fully saturated rings. The fraction of sp³-hybridized carbons (Fsp3) is 0.364. The van der Waals surface area contributed by atoms with Crippen molar-refractivity contribution in [2.24, 2.45) is 0 Å². The third kappa shape index (κ3) is 2.09. The molecule has 1 heterocycles. The molecule has 0 saturated carbocycles. The predicted molar refractivity (Wildman–Crippen MR) is 54.2 cm³/mol. The molecule has 0 atom stereocenters. The first-order chi connectivity index (χ1) is 7.31. The van der Waals surface area contributed by atoms with Crippen LogP contribution in [0.25, 0.3) is 0 Å². The number of hydrogen-bond acceptors (Lipinski definition) is 3. The average molecular weight is 209 g/mol. The standard InChI is InChI=1S/C11H12FNO2/c12-15-11(14)8-13-7-3-5-9-4-1-2-6-10(9)13/h1-2,4,6H,3,5,7-8H2. The first-order valence-electron chi connectivity index (χ1n) is 4.95. The van der Waals surface area contributed by atoms with Crippen LogP contribution in [0.5, 0.6) is 0 Å². The number of hydrogen-bond donors (Lipinski definition) is 0. The van der Waals surface area contributed by atoms with E-state index in [-0.39, 0.29) is 6.54 Å². The molecule has 0 aliphatic carbocycles. The summed E-state index contributed by atoms with van der Waals surface area (Å²) in [4.78, 5) is 15.9. The largest absolute Gasteiger partial charge is 0.367 e. The molecule has 3 nitrogen and oxygen atoms in total. The lowest BCUT2D eigenvalue weighted by molar-refractivity contribution is -0.181. The molecule has 0 amide bonds. The maximum Gasteiger partial charge on any atom is 0.367 e. The van der Waals surface area contributed by atoms with Gasteiger partial charge in [-0.1, -0.05) is 18.2 Å². The van der Waals surface area contributed by atoms with Crippen LogP contribution in [0.2, 0.25) is 0 Å². The summed E-state index contributed by atoms with van der Waals surface area (Å²) in [7, 11) is 0. The van der Waals surface area contributed by atoms with Crippen LogP contribution >= 0.6 is 0 Å². The molecule has 0 spiro atoms. The van der Waals surface area contributed by atoms with Crippen LogP contribution in [0.4, 0.5) is 10.2 Å². The van der Waals surface area contributed by atoms with Crippen molar-refractivity contribution in [3.05, 3.63) is 29.8 Å². The van der Waals surface area contributed by atoms with Gasteiger partial charge in [-0.3, -0.25) is 4.94 Å². The van der Waals surface area contributed by atoms with Crippen molar-refractivity contribution in [1.82, 2.24) is 0 Å². The van der Waals surface area contributed by atoms with E-state index >= 15 is 0 Å². The van der Waals surface area contributed by atoms with Crippen LogP contribution in [0.15, 0.2) is 24.3 Å². The number of anilines is 1. The van der Waals surface area contributed by atoms with Gasteiger partial charge < -0.3 is 4.90 Å². The van der Waals surface area contributed by atoms with E-state index in [0.717, 1.165) is 25.1 Å². The van der Waals surface area contributed by atoms with Gasteiger partial charge in [-0.05, 0) is 24.5 Å². The van der Waals surface area contributed by atoms with Crippen molar-refractivity contribution < 1.29 is 14.3 Å². The van der Waals surface area contributed by atoms with Crippen LogP contribution in [-0.4, -0.2) is 19.1 Å². The maximum atomic E-state index is 11.6. The highest BCUT2D eigenvalue weighted by Gasteiger charge is 2.19. The van der Waals surface area contributed by atoms with Gasteiger partial charge in [0.15, 0.2) is 0 Å². The van der Waals surface area contributed by atoms with Crippen LogP contribution in [0.3, 0.4) is 0 Å². The zero-order valence-electron chi connectivity index (χ0n) is 8.28. The van der Waals surface area contributed by atoms with Gasteiger partial charge in [0.25, 0.3) is 0 Å². The molecular formula is C11H12FNO2. The van der Waals surface area contributed by atoms with Crippen LogP contribution in [0, 0.1) is 0 Å². The van der Waals surface area contributed by atoms with Gasteiger partial charge in [0.1, 0.15) is 6.54 Å². The number of halogens is 1. The minimum absolute atomic E-state index is 0.0203. The Morgan fingerprint density at radius 1 is 1.47 bits per heavy atom. The maximum absolute atomic E-state index is 11.6. The second-order valence-electron chi connectivity index (χ2n) is 3.60. The number of benzene rings is 1. The van der Waals surface area contributed by atoms with E-state index in [2.05, 4.69) is 4.94 Å². The van der Waals surface area contributed by atoms with Gasteiger partial charge in [-0.2, -0.15) is 0 Å². The monoisotopic (exact) mass is 209 g/mol. The second-order valence-corrected chi connectivity index (χ2v) is 3.60. The molecule has 2 rings (SSSR count). The topological polar surface area (TPSA) is 29.5 Å². The minimum atomic E-state index is -0.841. The zero-order valence-corrected chi connectivity index (χ0v) is 8.28. The molecule has 0 bridgehead atoms. The summed E-state index contributed by atoms with van der Waals surface area (Å²) < 4.78 is 11.6. The van der Waals surface area contributed by atoms with Crippen LogP contribution < -0.4 is 4.90 Å². The third-order valence-corrected chi connectivity index (χ3v) is 2.61. The van der Waals surface area contributed by atoms with Crippen molar-refractivity contribution in [3.63, 3.8) is 0 Å². The number of aryl methyl sites for hydroxylation is 1. The first kappa shape index (κ1) is 9.96. The molecule has 1 aliphatic heterocycles. The molecular weight excluding hydrogens is 197 g/mol. The average Bonchev–Trinajstić information content (AvgIpc) is 2.29. The summed E-state index contributed by atoms with van der Waals surface area (Å²) in [6.45, 7) is 0.750. The number of nitrogens with zero attached hydrogens (tertiary/aromatic N) is 1. The Bertz CT molecular complexity index is 367. The molecule has 0 radical (unpaired) electrons. The minimum Gasteiger partial charge on any atom is -0.360 e. The molecule has 0 unspecified atom stereocenters. The van der Waals surface area contributed by atoms with Gasteiger partial charge in [0, 0.05) is 16.8 Å². The van der Waals surface area contributed by atoms with E-state index in [1.54, 1.807) is 0 Å². The van der Waals surface area contributed by atoms with E-state index in [1.165, 1.54) is 5.56 Å². The lowest BCUT2D eigenvalue weighted by atomic mass is 10.0. The lowest BCUT2D eigenvalue weighted by Gasteiger charge is -2.29. The summed E-state index contributed by atoms with van der Waals surface area (Å²) in [5.74, 6) is -0.841. The fourth-order valence-corrected chi connectivity index (χ4v) is 1.96. The lowest BCUT2D eigenvalue weighted by Crippen LogP contribution is -2.34. The smallest absolute Gasteiger partial charge is 0.360 e. The summed E-state index contributed by atoms with van der Waals surface area (Å²) in [6, 6.07) is 7.86.